The number of anilines is 2. The molecule has 1 aromatic heterocycles. The van der Waals surface area contributed by atoms with Crippen LogP contribution in [0.25, 0.3) is 0 Å². The number of hydrogen-bond donors (Lipinski definition) is 1. The molecular weight excluding hydrogens is 542 g/mol. The van der Waals surface area contributed by atoms with E-state index in [1.54, 1.807) is 13.0 Å². The van der Waals surface area contributed by atoms with Crippen molar-refractivity contribution in [1.29, 1.82) is 5.26 Å². The summed E-state index contributed by atoms with van der Waals surface area (Å²) in [5.41, 5.74) is -1.39. The SMILES string of the molecule is CCN(C(=O)[C@@H]1C[C@H](N2CCO[C@@H](CO)C2)CN1c1nc(C)cc(C(F)(F)F)c1C#N)c1ccc(F)c(Cl)c1. The summed E-state index contributed by atoms with van der Waals surface area (Å²) in [4.78, 5) is 23.2. The molecule has 2 fully saturated rings. The van der Waals surface area contributed by atoms with Crippen molar-refractivity contribution >= 4 is 29.0 Å². The molecule has 39 heavy (non-hydrogen) atoms. The van der Waals surface area contributed by atoms with Crippen LogP contribution in [0.4, 0.5) is 29.1 Å². The number of halogens is 5. The van der Waals surface area contributed by atoms with Crippen molar-refractivity contribution in [3.05, 3.63) is 51.9 Å². The molecule has 0 saturated carbocycles. The van der Waals surface area contributed by atoms with Crippen LogP contribution in [0, 0.1) is 24.1 Å². The second-order valence-corrected chi connectivity index (χ2v) is 9.94. The number of hydrogen-bond acceptors (Lipinski definition) is 7. The first-order valence-electron chi connectivity index (χ1n) is 12.5. The second-order valence-electron chi connectivity index (χ2n) is 9.53. The highest BCUT2D eigenvalue weighted by Crippen LogP contribution is 2.39. The van der Waals surface area contributed by atoms with Gasteiger partial charge in [-0.1, -0.05) is 11.6 Å². The minimum Gasteiger partial charge on any atom is -0.394 e. The standard InChI is InChI=1S/C26H28ClF4N5O3/c1-3-35(16-4-5-22(28)21(27)9-16)25(38)23-10-17(34-6-7-39-18(13-34)14-37)12-36(23)24-19(11-32)20(26(29,30)31)8-15(2)33-24/h4-5,8-9,17-18,23,37H,3,6-7,10,12-14H2,1-2H3/t17-,18+,23-/m0/s1. The third-order valence-corrected chi connectivity index (χ3v) is 7.36. The minimum absolute atomic E-state index is 0.0513. The van der Waals surface area contributed by atoms with Gasteiger partial charge in [-0.2, -0.15) is 18.4 Å². The molecule has 1 aromatic carbocycles. The van der Waals surface area contributed by atoms with Gasteiger partial charge >= 0.3 is 6.18 Å². The summed E-state index contributed by atoms with van der Waals surface area (Å²) in [6.07, 6.45) is -5.01. The van der Waals surface area contributed by atoms with Gasteiger partial charge in [0.15, 0.2) is 0 Å². The molecule has 0 bridgehead atoms. The summed E-state index contributed by atoms with van der Waals surface area (Å²) < 4.78 is 61.1. The highest BCUT2D eigenvalue weighted by atomic mass is 35.5. The zero-order valence-corrected chi connectivity index (χ0v) is 22.1. The number of nitriles is 1. The van der Waals surface area contributed by atoms with Crippen LogP contribution in [0.1, 0.15) is 30.2 Å². The van der Waals surface area contributed by atoms with Gasteiger partial charge < -0.3 is 19.6 Å². The topological polar surface area (TPSA) is 92.9 Å². The van der Waals surface area contributed by atoms with Crippen LogP contribution in [0.15, 0.2) is 24.3 Å². The summed E-state index contributed by atoms with van der Waals surface area (Å²) >= 11 is 5.96. The summed E-state index contributed by atoms with van der Waals surface area (Å²) in [5, 5.41) is 19.2. The summed E-state index contributed by atoms with van der Waals surface area (Å²) in [6, 6.07) is 5.06. The van der Waals surface area contributed by atoms with Crippen LogP contribution < -0.4 is 9.80 Å². The fourth-order valence-electron chi connectivity index (χ4n) is 5.23. The van der Waals surface area contributed by atoms with Gasteiger partial charge in [0, 0.05) is 43.6 Å². The van der Waals surface area contributed by atoms with E-state index < -0.39 is 41.2 Å². The maximum absolute atomic E-state index is 14.0. The van der Waals surface area contributed by atoms with Gasteiger partial charge in [-0.15, -0.1) is 0 Å². The monoisotopic (exact) mass is 569 g/mol. The number of aryl methyl sites for hydroxylation is 1. The molecule has 1 N–H and O–H groups in total. The van der Waals surface area contributed by atoms with Gasteiger partial charge in [0.05, 0.1) is 29.9 Å². The van der Waals surface area contributed by atoms with Crippen LogP contribution >= 0.6 is 11.6 Å². The number of rotatable bonds is 6. The van der Waals surface area contributed by atoms with Crippen molar-refractivity contribution < 1.29 is 32.2 Å². The van der Waals surface area contributed by atoms with Crippen LogP contribution in [-0.2, 0) is 15.7 Å². The molecule has 13 heteroatoms. The van der Waals surface area contributed by atoms with E-state index in [9.17, 15) is 32.7 Å². The first-order chi connectivity index (χ1) is 18.5. The fraction of sp³-hybridized carbons (Fsp3) is 0.500. The Hall–Kier alpha value is -2.98. The third kappa shape index (κ3) is 5.96. The van der Waals surface area contributed by atoms with E-state index >= 15 is 0 Å². The lowest BCUT2D eigenvalue weighted by molar-refractivity contribution is -0.137. The quantitative estimate of drug-likeness (QED) is 0.530. The van der Waals surface area contributed by atoms with Gasteiger partial charge in [-0.05, 0) is 44.5 Å². The van der Waals surface area contributed by atoms with Crippen molar-refractivity contribution in [2.45, 2.75) is 44.6 Å². The van der Waals surface area contributed by atoms with E-state index in [1.807, 2.05) is 4.90 Å². The fourth-order valence-corrected chi connectivity index (χ4v) is 5.40. The van der Waals surface area contributed by atoms with Crippen LogP contribution in [0.3, 0.4) is 0 Å². The lowest BCUT2D eigenvalue weighted by Crippen LogP contribution is -2.49. The molecule has 8 nitrogen and oxygen atoms in total. The Kier molecular flexibility index (Phi) is 8.66. The third-order valence-electron chi connectivity index (χ3n) is 7.07. The van der Waals surface area contributed by atoms with E-state index in [1.165, 1.54) is 28.9 Å². The molecule has 0 radical (unpaired) electrons. The number of pyridine rings is 1. The normalized spacial score (nSPS) is 22.1. The number of likely N-dealkylation sites (N-methyl/N-ethyl adjacent to an activating group) is 1. The Bertz CT molecular complexity index is 1270. The Morgan fingerprint density at radius 3 is 2.69 bits per heavy atom. The number of carbonyl (C=O) groups is 1. The van der Waals surface area contributed by atoms with E-state index in [2.05, 4.69) is 4.98 Å². The average molecular weight is 570 g/mol. The van der Waals surface area contributed by atoms with Gasteiger partial charge in [0.1, 0.15) is 29.3 Å². The van der Waals surface area contributed by atoms with E-state index in [-0.39, 0.29) is 48.7 Å². The highest BCUT2D eigenvalue weighted by Gasteiger charge is 2.45. The number of carbonyl (C=O) groups excluding carboxylic acids is 1. The predicted octanol–water partition coefficient (Wildman–Crippen LogP) is 3.77. The minimum atomic E-state index is -4.80. The van der Waals surface area contributed by atoms with Gasteiger partial charge in [0.25, 0.3) is 0 Å². The average Bonchev–Trinajstić information content (AvgIpc) is 3.35. The van der Waals surface area contributed by atoms with Crippen molar-refractivity contribution in [1.82, 2.24) is 9.88 Å². The molecule has 0 aliphatic carbocycles. The number of aliphatic hydroxyl groups is 1. The van der Waals surface area contributed by atoms with Gasteiger partial charge in [0.2, 0.25) is 5.91 Å². The molecule has 2 aromatic rings. The maximum atomic E-state index is 14.0. The molecular formula is C26H28ClF4N5O3. The molecule has 1 amide bonds. The lowest BCUT2D eigenvalue weighted by Gasteiger charge is -2.36. The molecule has 2 aliphatic heterocycles. The van der Waals surface area contributed by atoms with Crippen molar-refractivity contribution in [3.8, 4) is 6.07 Å². The van der Waals surface area contributed by atoms with Gasteiger partial charge in [-0.3, -0.25) is 9.69 Å². The predicted molar refractivity (Wildman–Crippen MR) is 136 cm³/mol. The molecule has 210 valence electrons. The molecule has 0 unspecified atom stereocenters. The molecule has 3 atom stereocenters. The number of morpholine rings is 1. The molecule has 3 heterocycles. The first kappa shape index (κ1) is 29.0. The van der Waals surface area contributed by atoms with Crippen LogP contribution in [-0.4, -0.2) is 78.5 Å². The Morgan fingerprint density at radius 1 is 1.33 bits per heavy atom. The number of amides is 1. The molecule has 2 aliphatic rings. The van der Waals surface area contributed by atoms with Crippen molar-refractivity contribution in [3.63, 3.8) is 0 Å². The Balaban J connectivity index is 1.78. The van der Waals surface area contributed by atoms with Gasteiger partial charge in [-0.25, -0.2) is 9.37 Å². The number of aliphatic hydroxyl groups excluding tert-OH is 1. The molecule has 4 rings (SSSR count). The van der Waals surface area contributed by atoms with E-state index in [0.29, 0.717) is 25.4 Å². The Labute approximate surface area is 228 Å². The zero-order valence-electron chi connectivity index (χ0n) is 21.4. The first-order valence-corrected chi connectivity index (χ1v) is 12.8. The number of nitrogens with zero attached hydrogens (tertiary/aromatic N) is 5. The lowest BCUT2D eigenvalue weighted by atomic mass is 10.1. The smallest absolute Gasteiger partial charge is 0.394 e. The largest absolute Gasteiger partial charge is 0.417 e. The zero-order chi connectivity index (χ0) is 28.5. The molecule has 2 saturated heterocycles. The second kappa shape index (κ2) is 11.6. The highest BCUT2D eigenvalue weighted by molar-refractivity contribution is 6.31. The maximum Gasteiger partial charge on any atom is 0.417 e. The summed E-state index contributed by atoms with van der Waals surface area (Å²) in [5.74, 6) is -1.32. The number of aromatic nitrogens is 1. The van der Waals surface area contributed by atoms with E-state index in [4.69, 9.17) is 16.3 Å². The van der Waals surface area contributed by atoms with Crippen molar-refractivity contribution in [2.24, 2.45) is 0 Å². The summed E-state index contributed by atoms with van der Waals surface area (Å²) in [7, 11) is 0. The molecule has 0 spiro atoms. The van der Waals surface area contributed by atoms with Crippen LogP contribution in [0.5, 0.6) is 0 Å². The number of alkyl halides is 3. The van der Waals surface area contributed by atoms with Crippen LogP contribution in [0.2, 0.25) is 5.02 Å². The number of ether oxygens (including phenoxy) is 1. The van der Waals surface area contributed by atoms with E-state index in [0.717, 1.165) is 12.1 Å². The number of benzene rings is 1. The van der Waals surface area contributed by atoms with Crippen molar-refractivity contribution in [2.75, 3.05) is 49.2 Å². The summed E-state index contributed by atoms with van der Waals surface area (Å²) in [6.45, 7) is 4.45. The Morgan fingerprint density at radius 2 is 2.08 bits per heavy atom.